The number of amidine groups is 1. The van der Waals surface area contributed by atoms with Crippen molar-refractivity contribution in [2.24, 2.45) is 4.99 Å². The van der Waals surface area contributed by atoms with E-state index in [1.54, 1.807) is 4.90 Å². The van der Waals surface area contributed by atoms with Crippen molar-refractivity contribution < 1.29 is 22.7 Å². The number of aliphatic imine (C=N–C) groups is 1. The third-order valence-corrected chi connectivity index (χ3v) is 8.12. The van der Waals surface area contributed by atoms with Crippen LogP contribution < -0.4 is 15.0 Å². The predicted octanol–water partition coefficient (Wildman–Crippen LogP) is 7.41. The fraction of sp³-hybridized carbons (Fsp3) is 0.265. The van der Waals surface area contributed by atoms with Crippen LogP contribution in [0.4, 0.5) is 18.9 Å². The Labute approximate surface area is 280 Å². The van der Waals surface area contributed by atoms with Gasteiger partial charge in [-0.15, -0.1) is 18.3 Å². The number of benzene rings is 3. The van der Waals surface area contributed by atoms with Crippen LogP contribution in [0.25, 0.3) is 17.1 Å². The van der Waals surface area contributed by atoms with E-state index in [-0.39, 0.29) is 23.6 Å². The van der Waals surface area contributed by atoms with E-state index >= 15 is 0 Å². The summed E-state index contributed by atoms with van der Waals surface area (Å²) in [4.78, 5) is 23.4. The molecule has 1 amide bonds. The number of thiocarbonyl (C=S) groups is 1. The highest BCUT2D eigenvalue weighted by Crippen LogP contribution is 2.34. The summed E-state index contributed by atoms with van der Waals surface area (Å²) in [5.41, 5.74) is 5.09. The number of rotatable bonds is 7. The average molecular weight is 677 g/mol. The van der Waals surface area contributed by atoms with Gasteiger partial charge in [0.15, 0.2) is 16.1 Å². The summed E-state index contributed by atoms with van der Waals surface area (Å²) in [6.07, 6.45) is -2.76. The molecule has 0 saturated carbocycles. The number of nitrogens with one attached hydrogen (secondary N) is 1. The van der Waals surface area contributed by atoms with Gasteiger partial charge >= 0.3 is 6.36 Å². The smallest absolute Gasteiger partial charge is 0.406 e. The Hall–Kier alpha value is -4.67. The van der Waals surface area contributed by atoms with Crippen LogP contribution in [0.5, 0.6) is 5.75 Å². The Bertz CT molecular complexity index is 1860. The third kappa shape index (κ3) is 8.78. The molecular weight excluding hydrogens is 646 g/mol. The van der Waals surface area contributed by atoms with Crippen LogP contribution >= 0.6 is 24.0 Å². The minimum atomic E-state index is -4.75. The zero-order valence-electron chi connectivity index (χ0n) is 26.0. The maximum atomic E-state index is 12.9. The molecule has 0 bridgehead atoms. The van der Waals surface area contributed by atoms with Crippen LogP contribution in [-0.4, -0.2) is 49.1 Å². The van der Waals surface area contributed by atoms with Gasteiger partial charge < -0.3 is 10.1 Å². The van der Waals surface area contributed by atoms with Gasteiger partial charge in [0.1, 0.15) is 12.1 Å². The molecule has 4 aromatic rings. The van der Waals surface area contributed by atoms with Crippen molar-refractivity contribution >= 4 is 45.9 Å². The van der Waals surface area contributed by atoms with Crippen molar-refractivity contribution in [1.29, 1.82) is 0 Å². The van der Waals surface area contributed by atoms with Crippen LogP contribution in [0.15, 0.2) is 78.0 Å². The first-order valence-electron chi connectivity index (χ1n) is 14.7. The van der Waals surface area contributed by atoms with E-state index in [1.165, 1.54) is 47.0 Å². The number of amides is 1. The lowest BCUT2D eigenvalue weighted by Gasteiger charge is -2.22. The molecule has 1 aliphatic heterocycles. The number of carbonyl (C=O) groups excluding carboxylic acids is 1. The van der Waals surface area contributed by atoms with Gasteiger partial charge in [-0.25, -0.2) is 9.67 Å². The number of hydrogen-bond acceptors (Lipinski definition) is 6. The lowest BCUT2D eigenvalue weighted by molar-refractivity contribution is -0.274. The van der Waals surface area contributed by atoms with Gasteiger partial charge in [-0.3, -0.25) is 9.69 Å². The number of halogens is 3. The monoisotopic (exact) mass is 676 g/mol. The van der Waals surface area contributed by atoms with E-state index in [9.17, 15) is 18.0 Å². The van der Waals surface area contributed by atoms with Gasteiger partial charge in [0, 0.05) is 23.6 Å². The van der Waals surface area contributed by atoms with Gasteiger partial charge in [0.2, 0.25) is 5.91 Å². The average Bonchev–Trinajstić information content (AvgIpc) is 3.64. The molecule has 8 nitrogen and oxygen atoms in total. The summed E-state index contributed by atoms with van der Waals surface area (Å²) < 4.78 is 42.6. The lowest BCUT2D eigenvalue weighted by atomic mass is 9.99. The molecule has 1 aliphatic rings. The highest BCUT2D eigenvalue weighted by Gasteiger charge is 2.32. The number of alkyl halides is 3. The molecule has 0 radical (unpaired) electrons. The first-order valence-corrected chi connectivity index (χ1v) is 16.1. The van der Waals surface area contributed by atoms with Crippen molar-refractivity contribution in [3.63, 3.8) is 0 Å². The van der Waals surface area contributed by atoms with Crippen LogP contribution in [0.1, 0.15) is 49.8 Å². The molecule has 0 spiro atoms. The van der Waals surface area contributed by atoms with Crippen molar-refractivity contribution in [2.45, 2.75) is 52.4 Å². The van der Waals surface area contributed by atoms with Gasteiger partial charge in [0.05, 0.1) is 17.1 Å². The second kappa shape index (κ2) is 14.4. The van der Waals surface area contributed by atoms with Crippen LogP contribution in [0.3, 0.4) is 0 Å². The van der Waals surface area contributed by atoms with Crippen molar-refractivity contribution in [1.82, 2.24) is 20.1 Å². The molecule has 0 aliphatic carbocycles. The van der Waals surface area contributed by atoms with E-state index in [0.29, 0.717) is 34.0 Å². The number of anilines is 1. The number of aryl methyl sites for hydroxylation is 1. The summed E-state index contributed by atoms with van der Waals surface area (Å²) in [6, 6.07) is 18.8. The largest absolute Gasteiger partial charge is 0.573 e. The van der Waals surface area contributed by atoms with E-state index in [2.05, 4.69) is 56.9 Å². The molecular formula is C34H31F3N6O2S2. The Morgan fingerprint density at radius 2 is 1.83 bits per heavy atom. The molecule has 1 unspecified atom stereocenters. The molecule has 47 heavy (non-hydrogen) atoms. The molecule has 242 valence electrons. The van der Waals surface area contributed by atoms with Crippen LogP contribution in [0, 0.1) is 18.8 Å². The molecule has 1 atom stereocenters. The topological polar surface area (TPSA) is 84.6 Å². The summed E-state index contributed by atoms with van der Waals surface area (Å²) >= 11 is 6.90. The molecule has 5 rings (SSSR count). The Morgan fingerprint density at radius 3 is 2.51 bits per heavy atom. The summed E-state index contributed by atoms with van der Waals surface area (Å²) in [6.45, 7) is 8.17. The highest BCUT2D eigenvalue weighted by molar-refractivity contribution is 8.15. The fourth-order valence-electron chi connectivity index (χ4n) is 4.73. The number of hydrogen-bond donors (Lipinski definition) is 1. The standard InChI is InChI=1S/C34H31F3N6O2S2/c1-21(2)28-17-8-22(3)18-29(28)43-30(44)19-47-33(43)40-32(46)39-23(4)6-5-7-24-9-11-25(12-10-24)31-38-20-42(41-31)26-13-15-27(16-14-26)45-34(35,36)37/h8-18,20-21,23H,6,19H2,1-4H3,(H,39,46)/b40-33-. The van der Waals surface area contributed by atoms with Crippen molar-refractivity contribution in [2.75, 3.05) is 10.7 Å². The predicted molar refractivity (Wildman–Crippen MR) is 183 cm³/mol. The van der Waals surface area contributed by atoms with E-state index in [4.69, 9.17) is 12.2 Å². The maximum Gasteiger partial charge on any atom is 0.573 e. The second-order valence-electron chi connectivity index (χ2n) is 11.1. The second-order valence-corrected chi connectivity index (χ2v) is 12.4. The van der Waals surface area contributed by atoms with Gasteiger partial charge in [-0.05, 0) is 97.7 Å². The first-order chi connectivity index (χ1) is 22.4. The Balaban J connectivity index is 1.17. The normalized spacial score (nSPS) is 14.7. The third-order valence-electron chi connectivity index (χ3n) is 6.99. The van der Waals surface area contributed by atoms with Gasteiger partial charge in [0.25, 0.3) is 0 Å². The van der Waals surface area contributed by atoms with Gasteiger partial charge in [-0.1, -0.05) is 49.6 Å². The minimum Gasteiger partial charge on any atom is -0.406 e. The number of ether oxygens (including phenoxy) is 1. The fourth-order valence-corrected chi connectivity index (χ4v) is 5.94. The van der Waals surface area contributed by atoms with Crippen molar-refractivity contribution in [3.8, 4) is 34.7 Å². The molecule has 2 heterocycles. The first kappa shape index (κ1) is 33.7. The molecule has 1 aromatic heterocycles. The number of nitrogens with zero attached hydrogens (tertiary/aromatic N) is 5. The summed E-state index contributed by atoms with van der Waals surface area (Å²) in [5.74, 6) is 6.98. The molecule has 1 saturated heterocycles. The highest BCUT2D eigenvalue weighted by atomic mass is 32.2. The van der Waals surface area contributed by atoms with Crippen LogP contribution in [0.2, 0.25) is 0 Å². The van der Waals surface area contributed by atoms with E-state index in [0.717, 1.165) is 27.9 Å². The summed E-state index contributed by atoms with van der Waals surface area (Å²) in [7, 11) is 0. The quantitative estimate of drug-likeness (QED) is 0.161. The van der Waals surface area contributed by atoms with E-state index < -0.39 is 6.36 Å². The molecule has 1 N–H and O–H groups in total. The molecule has 13 heteroatoms. The Kier molecular flexibility index (Phi) is 10.3. The number of thioether (sulfide) groups is 1. The zero-order valence-corrected chi connectivity index (χ0v) is 27.6. The Morgan fingerprint density at radius 1 is 1.11 bits per heavy atom. The maximum absolute atomic E-state index is 12.9. The van der Waals surface area contributed by atoms with Crippen LogP contribution in [-0.2, 0) is 4.79 Å². The van der Waals surface area contributed by atoms with Crippen molar-refractivity contribution in [3.05, 3.63) is 89.7 Å². The van der Waals surface area contributed by atoms with E-state index in [1.807, 2.05) is 50.2 Å². The lowest BCUT2D eigenvalue weighted by Crippen LogP contribution is -2.34. The SMILES string of the molecule is Cc1ccc(C(C)C)c(N2C(=O)CS/C2=N\C(=S)NC(C)CC#Cc2ccc(-c3ncn(-c4ccc(OC(F)(F)F)cc4)n3)cc2)c1. The number of carbonyl (C=O) groups is 1. The number of aromatic nitrogens is 3. The molecule has 3 aromatic carbocycles. The molecule has 1 fully saturated rings. The summed E-state index contributed by atoms with van der Waals surface area (Å²) in [5, 5.41) is 8.49. The zero-order chi connectivity index (χ0) is 33.7. The minimum absolute atomic E-state index is 0.0220. The van der Waals surface area contributed by atoms with Gasteiger partial charge in [-0.2, -0.15) is 4.99 Å².